The topological polar surface area (TPSA) is 41.1 Å². The Kier molecular flexibility index (Phi) is 5.07. The summed E-state index contributed by atoms with van der Waals surface area (Å²) in [6.07, 6.45) is 10.8. The summed E-state index contributed by atoms with van der Waals surface area (Å²) in [7, 11) is 0. The first-order valence-corrected chi connectivity index (χ1v) is 8.67. The number of anilines is 1. The molecule has 2 heterocycles. The van der Waals surface area contributed by atoms with Gasteiger partial charge in [-0.25, -0.2) is 9.97 Å². The third kappa shape index (κ3) is 3.73. The number of nitrogens with zero attached hydrogens (tertiary/aromatic N) is 3. The molecular weight excluding hydrogens is 260 g/mol. The van der Waals surface area contributed by atoms with Gasteiger partial charge in [-0.05, 0) is 69.5 Å². The first-order valence-electron chi connectivity index (χ1n) is 8.67. The van der Waals surface area contributed by atoms with Crippen LogP contribution in [0.3, 0.4) is 0 Å². The number of aromatic nitrogens is 2. The summed E-state index contributed by atoms with van der Waals surface area (Å²) < 4.78 is 0. The summed E-state index contributed by atoms with van der Waals surface area (Å²) in [5.74, 6) is 1.73. The molecular formula is C17H28N4. The normalized spacial score (nSPS) is 22.1. The molecule has 0 aromatic carbocycles. The Balaban J connectivity index is 1.62. The number of hydrogen-bond donors (Lipinski definition) is 1. The molecule has 3 rings (SSSR count). The maximum Gasteiger partial charge on any atom is 0.225 e. The van der Waals surface area contributed by atoms with Crippen LogP contribution in [0.4, 0.5) is 5.95 Å². The largest absolute Gasteiger partial charge is 0.341 e. The first-order chi connectivity index (χ1) is 10.4. The van der Waals surface area contributed by atoms with Gasteiger partial charge in [-0.15, -0.1) is 0 Å². The third-order valence-electron chi connectivity index (χ3n) is 4.74. The smallest absolute Gasteiger partial charge is 0.225 e. The molecule has 1 aliphatic carbocycles. The minimum absolute atomic E-state index is 0.758. The predicted octanol–water partition coefficient (Wildman–Crippen LogP) is 2.57. The molecule has 0 radical (unpaired) electrons. The zero-order valence-corrected chi connectivity index (χ0v) is 13.3. The van der Waals surface area contributed by atoms with E-state index in [0.717, 1.165) is 50.9 Å². The van der Waals surface area contributed by atoms with Crippen LogP contribution in [-0.2, 0) is 12.8 Å². The van der Waals surface area contributed by atoms with Crippen molar-refractivity contribution >= 4 is 5.95 Å². The van der Waals surface area contributed by atoms with Gasteiger partial charge in [-0.2, -0.15) is 0 Å². The van der Waals surface area contributed by atoms with Crippen molar-refractivity contribution in [3.63, 3.8) is 0 Å². The molecule has 4 nitrogen and oxygen atoms in total. The van der Waals surface area contributed by atoms with Gasteiger partial charge < -0.3 is 10.2 Å². The third-order valence-corrected chi connectivity index (χ3v) is 4.74. The SMILES string of the molecule is CCCNCC1CCc2nc(N3CCCCC3)ncc2C1. The van der Waals surface area contributed by atoms with Gasteiger partial charge in [-0.3, -0.25) is 0 Å². The zero-order valence-electron chi connectivity index (χ0n) is 13.3. The summed E-state index contributed by atoms with van der Waals surface area (Å²) in [5.41, 5.74) is 2.68. The van der Waals surface area contributed by atoms with E-state index in [0.29, 0.717) is 0 Å². The Morgan fingerprint density at radius 3 is 2.95 bits per heavy atom. The molecule has 2 aliphatic rings. The van der Waals surface area contributed by atoms with Crippen LogP contribution in [0, 0.1) is 5.92 Å². The summed E-state index contributed by atoms with van der Waals surface area (Å²) in [4.78, 5) is 11.9. The van der Waals surface area contributed by atoms with Crippen LogP contribution in [0.15, 0.2) is 6.20 Å². The van der Waals surface area contributed by atoms with Crippen molar-refractivity contribution in [2.75, 3.05) is 31.1 Å². The quantitative estimate of drug-likeness (QED) is 0.846. The van der Waals surface area contributed by atoms with Crippen LogP contribution in [0.5, 0.6) is 0 Å². The van der Waals surface area contributed by atoms with Gasteiger partial charge in [-0.1, -0.05) is 6.92 Å². The van der Waals surface area contributed by atoms with Crippen LogP contribution in [0.2, 0.25) is 0 Å². The van der Waals surface area contributed by atoms with Gasteiger partial charge in [0.15, 0.2) is 0 Å². The highest BCUT2D eigenvalue weighted by atomic mass is 15.2. The van der Waals surface area contributed by atoms with E-state index in [2.05, 4.69) is 28.3 Å². The molecule has 1 fully saturated rings. The number of hydrogen-bond acceptors (Lipinski definition) is 4. The maximum absolute atomic E-state index is 4.86. The average molecular weight is 288 g/mol. The average Bonchev–Trinajstić information content (AvgIpc) is 2.55. The second kappa shape index (κ2) is 7.21. The molecule has 1 aliphatic heterocycles. The molecule has 1 atom stereocenters. The molecule has 21 heavy (non-hydrogen) atoms. The Morgan fingerprint density at radius 2 is 2.14 bits per heavy atom. The lowest BCUT2D eigenvalue weighted by Crippen LogP contribution is -2.32. The highest BCUT2D eigenvalue weighted by Gasteiger charge is 2.22. The van der Waals surface area contributed by atoms with Gasteiger partial charge in [0.25, 0.3) is 0 Å². The molecule has 1 aromatic rings. The highest BCUT2D eigenvalue weighted by molar-refractivity contribution is 5.34. The van der Waals surface area contributed by atoms with Crippen LogP contribution in [0.1, 0.15) is 50.3 Å². The molecule has 0 spiro atoms. The van der Waals surface area contributed by atoms with E-state index in [1.54, 1.807) is 0 Å². The molecule has 1 N–H and O–H groups in total. The van der Waals surface area contributed by atoms with E-state index in [1.165, 1.54) is 43.4 Å². The Morgan fingerprint density at radius 1 is 1.29 bits per heavy atom. The van der Waals surface area contributed by atoms with Gasteiger partial charge in [0.05, 0.1) is 0 Å². The maximum atomic E-state index is 4.86. The number of nitrogens with one attached hydrogen (secondary N) is 1. The lowest BCUT2D eigenvalue weighted by atomic mass is 9.87. The monoisotopic (exact) mass is 288 g/mol. The molecule has 0 bridgehead atoms. The highest BCUT2D eigenvalue weighted by Crippen LogP contribution is 2.25. The second-order valence-electron chi connectivity index (χ2n) is 6.50. The predicted molar refractivity (Wildman–Crippen MR) is 86.8 cm³/mol. The van der Waals surface area contributed by atoms with E-state index in [-0.39, 0.29) is 0 Å². The van der Waals surface area contributed by atoms with Crippen LogP contribution in [-0.4, -0.2) is 36.1 Å². The molecule has 1 aromatic heterocycles. The number of piperidine rings is 1. The van der Waals surface area contributed by atoms with Gasteiger partial charge in [0, 0.05) is 25.0 Å². The van der Waals surface area contributed by atoms with E-state index in [4.69, 9.17) is 4.98 Å². The van der Waals surface area contributed by atoms with Crippen molar-refractivity contribution in [2.24, 2.45) is 5.92 Å². The minimum atomic E-state index is 0.758. The van der Waals surface area contributed by atoms with Gasteiger partial charge in [0.2, 0.25) is 5.95 Å². The summed E-state index contributed by atoms with van der Waals surface area (Å²) in [6, 6.07) is 0. The number of rotatable bonds is 5. The first kappa shape index (κ1) is 14.8. The van der Waals surface area contributed by atoms with Crippen molar-refractivity contribution in [1.29, 1.82) is 0 Å². The summed E-state index contributed by atoms with van der Waals surface area (Å²) in [5, 5.41) is 3.55. The Labute approximate surface area is 128 Å². The number of fused-ring (bicyclic) bond motifs is 1. The van der Waals surface area contributed by atoms with Crippen molar-refractivity contribution < 1.29 is 0 Å². The van der Waals surface area contributed by atoms with E-state index >= 15 is 0 Å². The standard InChI is InChI=1S/C17H28N4/c1-2-8-18-12-14-6-7-16-15(11-14)13-19-17(20-16)21-9-4-3-5-10-21/h13-14,18H,2-12H2,1H3. The molecule has 1 saturated heterocycles. The van der Waals surface area contributed by atoms with Crippen molar-refractivity contribution in [3.05, 3.63) is 17.5 Å². The molecule has 0 amide bonds. The van der Waals surface area contributed by atoms with Gasteiger partial charge in [0.1, 0.15) is 0 Å². The lowest BCUT2D eigenvalue weighted by Gasteiger charge is -2.29. The fourth-order valence-electron chi connectivity index (χ4n) is 3.48. The summed E-state index contributed by atoms with van der Waals surface area (Å²) >= 11 is 0. The van der Waals surface area contributed by atoms with Crippen LogP contribution in [0.25, 0.3) is 0 Å². The Bertz CT molecular complexity index is 454. The number of aryl methyl sites for hydroxylation is 1. The van der Waals surface area contributed by atoms with Gasteiger partial charge >= 0.3 is 0 Å². The van der Waals surface area contributed by atoms with Crippen LogP contribution < -0.4 is 10.2 Å². The van der Waals surface area contributed by atoms with Crippen molar-refractivity contribution in [3.8, 4) is 0 Å². The fraction of sp³-hybridized carbons (Fsp3) is 0.765. The van der Waals surface area contributed by atoms with Crippen molar-refractivity contribution in [1.82, 2.24) is 15.3 Å². The van der Waals surface area contributed by atoms with E-state index in [1.807, 2.05) is 0 Å². The van der Waals surface area contributed by atoms with E-state index in [9.17, 15) is 0 Å². The lowest BCUT2D eigenvalue weighted by molar-refractivity contribution is 0.419. The molecule has 116 valence electrons. The van der Waals surface area contributed by atoms with E-state index < -0.39 is 0 Å². The Hall–Kier alpha value is -1.16. The molecule has 1 unspecified atom stereocenters. The fourth-order valence-corrected chi connectivity index (χ4v) is 3.48. The molecule has 0 saturated carbocycles. The second-order valence-corrected chi connectivity index (χ2v) is 6.50. The molecule has 4 heteroatoms. The summed E-state index contributed by atoms with van der Waals surface area (Å²) in [6.45, 7) is 6.75. The van der Waals surface area contributed by atoms with Crippen molar-refractivity contribution in [2.45, 2.75) is 51.9 Å². The van der Waals surface area contributed by atoms with Crippen LogP contribution >= 0.6 is 0 Å². The minimum Gasteiger partial charge on any atom is -0.341 e. The zero-order chi connectivity index (χ0) is 14.5.